The Bertz CT molecular complexity index is 621. The summed E-state index contributed by atoms with van der Waals surface area (Å²) in [7, 11) is 0. The second-order valence-corrected chi connectivity index (χ2v) is 4.66. The predicted octanol–water partition coefficient (Wildman–Crippen LogP) is 2.26. The van der Waals surface area contributed by atoms with Gasteiger partial charge in [-0.05, 0) is 6.92 Å². The molecule has 0 unspecified atom stereocenters. The van der Waals surface area contributed by atoms with Gasteiger partial charge < -0.3 is 10.4 Å². The number of aryl methyl sites for hydroxylation is 1. The normalized spacial score (nSPS) is 10.8. The highest BCUT2D eigenvalue weighted by molar-refractivity contribution is 5.92. The average Bonchev–Trinajstić information content (AvgIpc) is 2.86. The van der Waals surface area contributed by atoms with Crippen molar-refractivity contribution in [3.63, 3.8) is 0 Å². The van der Waals surface area contributed by atoms with Crippen LogP contribution in [0.3, 0.4) is 0 Å². The standard InChI is InChI=1S/C13H17N5O2/c1-4-18-7-9(5-15-18)16-10-6-14-12(8(2)3)17-11(10)13(19)20/h5-8,16H,4H2,1-3H3,(H,19,20). The lowest BCUT2D eigenvalue weighted by Gasteiger charge is -2.09. The minimum atomic E-state index is -1.08. The Morgan fingerprint density at radius 1 is 1.45 bits per heavy atom. The summed E-state index contributed by atoms with van der Waals surface area (Å²) in [6.45, 7) is 6.55. The summed E-state index contributed by atoms with van der Waals surface area (Å²) < 4.78 is 1.74. The van der Waals surface area contributed by atoms with Crippen molar-refractivity contribution in [2.45, 2.75) is 33.2 Å². The van der Waals surface area contributed by atoms with Crippen LogP contribution in [0.1, 0.15) is 43.0 Å². The van der Waals surface area contributed by atoms with E-state index in [1.807, 2.05) is 20.8 Å². The first-order chi connectivity index (χ1) is 9.51. The Hall–Kier alpha value is -2.44. The van der Waals surface area contributed by atoms with Crippen molar-refractivity contribution in [2.75, 3.05) is 5.32 Å². The summed E-state index contributed by atoms with van der Waals surface area (Å²) in [5.74, 6) is -0.498. The van der Waals surface area contributed by atoms with E-state index >= 15 is 0 Å². The summed E-state index contributed by atoms with van der Waals surface area (Å²) in [4.78, 5) is 19.6. The zero-order valence-electron chi connectivity index (χ0n) is 11.7. The minimum absolute atomic E-state index is 0.0343. The molecule has 0 bridgehead atoms. The Morgan fingerprint density at radius 3 is 2.75 bits per heavy atom. The third kappa shape index (κ3) is 2.93. The predicted molar refractivity (Wildman–Crippen MR) is 74.3 cm³/mol. The van der Waals surface area contributed by atoms with Crippen molar-refractivity contribution >= 4 is 17.3 Å². The van der Waals surface area contributed by atoms with E-state index in [2.05, 4.69) is 20.4 Å². The minimum Gasteiger partial charge on any atom is -0.476 e. The van der Waals surface area contributed by atoms with Crippen LogP contribution in [-0.2, 0) is 6.54 Å². The van der Waals surface area contributed by atoms with Crippen molar-refractivity contribution in [2.24, 2.45) is 0 Å². The van der Waals surface area contributed by atoms with Gasteiger partial charge in [0.05, 0.1) is 23.8 Å². The Kier molecular flexibility index (Phi) is 3.97. The fraction of sp³-hybridized carbons (Fsp3) is 0.385. The summed E-state index contributed by atoms with van der Waals surface area (Å²) >= 11 is 0. The van der Waals surface area contributed by atoms with Crippen LogP contribution in [-0.4, -0.2) is 30.8 Å². The first kappa shape index (κ1) is 14.0. The van der Waals surface area contributed by atoms with Gasteiger partial charge in [-0.1, -0.05) is 13.8 Å². The maximum absolute atomic E-state index is 11.3. The van der Waals surface area contributed by atoms with Crippen LogP contribution in [0.15, 0.2) is 18.6 Å². The van der Waals surface area contributed by atoms with Gasteiger partial charge in [0, 0.05) is 18.7 Å². The number of carboxylic acids is 1. The number of nitrogens with one attached hydrogen (secondary N) is 1. The van der Waals surface area contributed by atoms with E-state index in [1.165, 1.54) is 6.20 Å². The highest BCUT2D eigenvalue weighted by atomic mass is 16.4. The number of aromatic nitrogens is 4. The topological polar surface area (TPSA) is 92.9 Å². The monoisotopic (exact) mass is 275 g/mol. The molecule has 20 heavy (non-hydrogen) atoms. The molecule has 2 aromatic heterocycles. The molecule has 0 aliphatic carbocycles. The zero-order valence-corrected chi connectivity index (χ0v) is 11.7. The van der Waals surface area contributed by atoms with E-state index < -0.39 is 5.97 Å². The first-order valence-corrected chi connectivity index (χ1v) is 6.41. The number of anilines is 2. The summed E-state index contributed by atoms with van der Waals surface area (Å²) in [5, 5.41) is 16.4. The van der Waals surface area contributed by atoms with Gasteiger partial charge in [-0.3, -0.25) is 4.68 Å². The number of hydrogen-bond acceptors (Lipinski definition) is 5. The van der Waals surface area contributed by atoms with Gasteiger partial charge in [0.15, 0.2) is 5.69 Å². The van der Waals surface area contributed by atoms with Crippen LogP contribution in [0, 0.1) is 0 Å². The highest BCUT2D eigenvalue weighted by Crippen LogP contribution is 2.20. The maximum atomic E-state index is 11.3. The maximum Gasteiger partial charge on any atom is 0.356 e. The molecular weight excluding hydrogens is 258 g/mol. The molecule has 0 aliphatic heterocycles. The van der Waals surface area contributed by atoms with E-state index in [9.17, 15) is 9.90 Å². The van der Waals surface area contributed by atoms with E-state index in [-0.39, 0.29) is 11.6 Å². The largest absolute Gasteiger partial charge is 0.476 e. The van der Waals surface area contributed by atoms with Crippen molar-refractivity contribution in [3.05, 3.63) is 30.1 Å². The van der Waals surface area contributed by atoms with E-state index in [0.717, 1.165) is 6.54 Å². The number of rotatable bonds is 5. The smallest absolute Gasteiger partial charge is 0.356 e. The molecule has 106 valence electrons. The molecule has 2 aromatic rings. The Morgan fingerprint density at radius 2 is 2.20 bits per heavy atom. The molecule has 0 fully saturated rings. The second-order valence-electron chi connectivity index (χ2n) is 4.66. The number of hydrogen-bond donors (Lipinski definition) is 2. The molecule has 2 heterocycles. The molecule has 2 rings (SSSR count). The average molecular weight is 275 g/mol. The van der Waals surface area contributed by atoms with Gasteiger partial charge >= 0.3 is 5.97 Å². The lowest BCUT2D eigenvalue weighted by molar-refractivity contribution is 0.0691. The van der Waals surface area contributed by atoms with Crippen molar-refractivity contribution in [3.8, 4) is 0 Å². The molecule has 0 atom stereocenters. The van der Waals surface area contributed by atoms with Crippen LogP contribution in [0.2, 0.25) is 0 Å². The lowest BCUT2D eigenvalue weighted by Crippen LogP contribution is -2.10. The quantitative estimate of drug-likeness (QED) is 0.869. The SMILES string of the molecule is CCn1cc(Nc2cnc(C(C)C)nc2C(=O)O)cn1. The van der Waals surface area contributed by atoms with Gasteiger partial charge in [-0.15, -0.1) is 0 Å². The first-order valence-electron chi connectivity index (χ1n) is 6.41. The summed E-state index contributed by atoms with van der Waals surface area (Å²) in [5.41, 5.74) is 1.03. The molecule has 0 aromatic carbocycles. The highest BCUT2D eigenvalue weighted by Gasteiger charge is 2.16. The molecule has 0 saturated carbocycles. The van der Waals surface area contributed by atoms with Crippen molar-refractivity contribution in [1.82, 2.24) is 19.7 Å². The van der Waals surface area contributed by atoms with Gasteiger partial charge in [-0.25, -0.2) is 14.8 Å². The van der Waals surface area contributed by atoms with Crippen LogP contribution in [0.5, 0.6) is 0 Å². The van der Waals surface area contributed by atoms with Gasteiger partial charge in [0.2, 0.25) is 0 Å². The summed E-state index contributed by atoms with van der Waals surface area (Å²) in [6.07, 6.45) is 4.92. The summed E-state index contributed by atoms with van der Waals surface area (Å²) in [6, 6.07) is 0. The number of carbonyl (C=O) groups is 1. The van der Waals surface area contributed by atoms with Crippen LogP contribution in [0.4, 0.5) is 11.4 Å². The molecule has 7 heteroatoms. The van der Waals surface area contributed by atoms with Crippen LogP contribution >= 0.6 is 0 Å². The molecule has 0 spiro atoms. The van der Waals surface area contributed by atoms with Gasteiger partial charge in [0.1, 0.15) is 5.82 Å². The second kappa shape index (κ2) is 5.68. The van der Waals surface area contributed by atoms with E-state index in [1.54, 1.807) is 17.1 Å². The number of carboxylic acid groups (broad SMARTS) is 1. The number of aromatic carboxylic acids is 1. The third-order valence-electron chi connectivity index (χ3n) is 2.76. The Balaban J connectivity index is 2.33. The third-order valence-corrected chi connectivity index (χ3v) is 2.76. The fourth-order valence-corrected chi connectivity index (χ4v) is 1.68. The van der Waals surface area contributed by atoms with Crippen molar-refractivity contribution in [1.29, 1.82) is 0 Å². The van der Waals surface area contributed by atoms with Gasteiger partial charge in [-0.2, -0.15) is 5.10 Å². The molecule has 0 radical (unpaired) electrons. The molecule has 0 amide bonds. The molecule has 7 nitrogen and oxygen atoms in total. The van der Waals surface area contributed by atoms with E-state index in [4.69, 9.17) is 0 Å². The van der Waals surface area contributed by atoms with E-state index in [0.29, 0.717) is 17.2 Å². The van der Waals surface area contributed by atoms with Crippen molar-refractivity contribution < 1.29 is 9.90 Å². The van der Waals surface area contributed by atoms with Crippen LogP contribution in [0.25, 0.3) is 0 Å². The zero-order chi connectivity index (χ0) is 14.7. The lowest BCUT2D eigenvalue weighted by atomic mass is 10.2. The number of nitrogens with zero attached hydrogens (tertiary/aromatic N) is 4. The fourth-order valence-electron chi connectivity index (χ4n) is 1.68. The molecular formula is C13H17N5O2. The molecule has 0 saturated heterocycles. The molecule has 0 aliphatic rings. The molecule has 2 N–H and O–H groups in total. The Labute approximate surface area is 116 Å². The van der Waals surface area contributed by atoms with Gasteiger partial charge in [0.25, 0.3) is 0 Å². The van der Waals surface area contributed by atoms with Crippen LogP contribution < -0.4 is 5.32 Å².